The SMILES string of the molecule is COB(OC)[n+]1cc2ccccc2n1C(=O)OC(C)(C)C. The van der Waals surface area contributed by atoms with Gasteiger partial charge >= 0.3 is 13.3 Å². The Morgan fingerprint density at radius 3 is 2.38 bits per heavy atom. The van der Waals surface area contributed by atoms with Crippen LogP contribution in [0.2, 0.25) is 0 Å². The van der Waals surface area contributed by atoms with E-state index < -0.39 is 18.9 Å². The lowest BCUT2D eigenvalue weighted by Crippen LogP contribution is -2.61. The van der Waals surface area contributed by atoms with Crippen LogP contribution in [0.3, 0.4) is 0 Å². The van der Waals surface area contributed by atoms with Crippen molar-refractivity contribution >= 4 is 24.2 Å². The summed E-state index contributed by atoms with van der Waals surface area (Å²) in [7, 11) is 2.31. The first-order chi connectivity index (χ1) is 9.87. The molecule has 0 bridgehead atoms. The molecule has 0 aliphatic carbocycles. The van der Waals surface area contributed by atoms with E-state index in [1.54, 1.807) is 10.8 Å². The van der Waals surface area contributed by atoms with E-state index in [0.717, 1.165) is 10.9 Å². The smallest absolute Gasteiger partial charge is 0.440 e. The number of carbonyl (C=O) groups excluding carboxylic acids is 1. The van der Waals surface area contributed by atoms with E-state index in [4.69, 9.17) is 14.0 Å². The summed E-state index contributed by atoms with van der Waals surface area (Å²) in [6, 6.07) is 7.52. The van der Waals surface area contributed by atoms with Crippen LogP contribution in [0.15, 0.2) is 30.5 Å². The van der Waals surface area contributed by atoms with Gasteiger partial charge in [-0.2, -0.15) is 0 Å². The minimum atomic E-state index is -0.718. The summed E-state index contributed by atoms with van der Waals surface area (Å²) < 4.78 is 18.9. The maximum absolute atomic E-state index is 12.5. The van der Waals surface area contributed by atoms with E-state index in [0.29, 0.717) is 0 Å². The highest BCUT2D eigenvalue weighted by Gasteiger charge is 2.41. The van der Waals surface area contributed by atoms with Crippen LogP contribution in [-0.4, -0.2) is 37.8 Å². The van der Waals surface area contributed by atoms with Gasteiger partial charge in [-0.15, -0.1) is 4.59 Å². The standard InChI is InChI=1S/C14H20BN2O4/c1-14(2,3)21-13(18)17-12-9-7-6-8-11(12)10-16(17)15(19-4)20-5/h6-10H,1-5H3/q+1. The highest BCUT2D eigenvalue weighted by Crippen LogP contribution is 2.15. The molecule has 1 heterocycles. The molecule has 2 aromatic rings. The average Bonchev–Trinajstić information content (AvgIpc) is 2.77. The van der Waals surface area contributed by atoms with Gasteiger partial charge in [0.2, 0.25) is 0 Å². The molecule has 0 aliphatic heterocycles. The predicted molar refractivity (Wildman–Crippen MR) is 78.9 cm³/mol. The van der Waals surface area contributed by atoms with E-state index in [-0.39, 0.29) is 0 Å². The van der Waals surface area contributed by atoms with Crippen LogP contribution in [0.4, 0.5) is 4.79 Å². The summed E-state index contributed by atoms with van der Waals surface area (Å²) in [4.78, 5) is 12.5. The summed E-state index contributed by atoms with van der Waals surface area (Å²) in [6.07, 6.45) is 1.31. The van der Waals surface area contributed by atoms with Crippen LogP contribution in [0.25, 0.3) is 10.9 Å². The molecule has 21 heavy (non-hydrogen) atoms. The van der Waals surface area contributed by atoms with Crippen LogP contribution in [-0.2, 0) is 14.0 Å². The molecule has 0 spiro atoms. The number of hydrogen-bond acceptors (Lipinski definition) is 4. The largest absolute Gasteiger partial charge is 0.873 e. The normalized spacial score (nSPS) is 11.7. The van der Waals surface area contributed by atoms with Crippen molar-refractivity contribution in [2.75, 3.05) is 14.2 Å². The first kappa shape index (κ1) is 15.5. The van der Waals surface area contributed by atoms with Crippen LogP contribution < -0.4 is 4.59 Å². The Labute approximate surface area is 124 Å². The molecule has 0 unspecified atom stereocenters. The molecular formula is C14H20BN2O4+. The molecule has 0 atom stereocenters. The topological polar surface area (TPSA) is 53.6 Å². The minimum Gasteiger partial charge on any atom is -0.440 e. The lowest BCUT2D eigenvalue weighted by Gasteiger charge is -2.19. The van der Waals surface area contributed by atoms with Gasteiger partial charge in [0.25, 0.3) is 0 Å². The van der Waals surface area contributed by atoms with Gasteiger partial charge in [0.05, 0.1) is 5.39 Å². The molecule has 112 valence electrons. The third kappa shape index (κ3) is 3.25. The molecule has 6 nitrogen and oxygen atoms in total. The maximum Gasteiger partial charge on any atom is 0.873 e. The summed E-state index contributed by atoms with van der Waals surface area (Å²) in [5.74, 6) is 0. The first-order valence-corrected chi connectivity index (χ1v) is 6.68. The van der Waals surface area contributed by atoms with Gasteiger partial charge in [0.1, 0.15) is 11.1 Å². The van der Waals surface area contributed by atoms with Crippen molar-refractivity contribution in [1.82, 2.24) is 4.68 Å². The fraction of sp³-hybridized carbons (Fsp3) is 0.429. The molecule has 0 saturated carbocycles. The quantitative estimate of drug-likeness (QED) is 0.810. The Kier molecular flexibility index (Phi) is 4.34. The van der Waals surface area contributed by atoms with Crippen molar-refractivity contribution in [2.24, 2.45) is 0 Å². The second-order valence-electron chi connectivity index (χ2n) is 5.64. The number of benzene rings is 1. The maximum atomic E-state index is 12.5. The third-order valence-electron chi connectivity index (χ3n) is 2.85. The van der Waals surface area contributed by atoms with Crippen molar-refractivity contribution in [2.45, 2.75) is 26.4 Å². The molecule has 0 N–H and O–H groups in total. The molecule has 2 rings (SSSR count). The molecule has 0 aliphatic rings. The number of rotatable bonds is 3. The summed E-state index contributed by atoms with van der Waals surface area (Å²) in [6.45, 7) is 5.47. The highest BCUT2D eigenvalue weighted by molar-refractivity contribution is 6.33. The average molecular weight is 291 g/mol. The number of nitrogens with zero attached hydrogens (tertiary/aromatic N) is 2. The molecule has 0 radical (unpaired) electrons. The number of carbonyl (C=O) groups is 1. The zero-order valence-corrected chi connectivity index (χ0v) is 13.0. The van der Waals surface area contributed by atoms with Gasteiger partial charge in [-0.25, -0.2) is 4.79 Å². The first-order valence-electron chi connectivity index (χ1n) is 6.68. The van der Waals surface area contributed by atoms with E-state index in [1.165, 1.54) is 18.9 Å². The lowest BCUT2D eigenvalue weighted by atomic mass is 10.1. The van der Waals surface area contributed by atoms with E-state index in [2.05, 4.69) is 0 Å². The lowest BCUT2D eigenvalue weighted by molar-refractivity contribution is -0.639. The van der Waals surface area contributed by atoms with Crippen molar-refractivity contribution in [3.05, 3.63) is 30.5 Å². The number of fused-ring (bicyclic) bond motifs is 1. The number of aromatic nitrogens is 2. The van der Waals surface area contributed by atoms with Crippen molar-refractivity contribution in [3.63, 3.8) is 0 Å². The highest BCUT2D eigenvalue weighted by atomic mass is 16.6. The second-order valence-corrected chi connectivity index (χ2v) is 5.64. The van der Waals surface area contributed by atoms with E-state index in [1.807, 2.05) is 45.0 Å². The minimum absolute atomic E-state index is 0.484. The van der Waals surface area contributed by atoms with Gasteiger partial charge < -0.3 is 14.0 Å². The number of hydrogen-bond donors (Lipinski definition) is 0. The Hall–Kier alpha value is -1.86. The van der Waals surface area contributed by atoms with Crippen LogP contribution in [0, 0.1) is 0 Å². The van der Waals surface area contributed by atoms with Crippen molar-refractivity contribution in [3.8, 4) is 0 Å². The van der Waals surface area contributed by atoms with Gasteiger partial charge in [0, 0.05) is 14.2 Å². The molecule has 1 aromatic carbocycles. The summed E-state index contributed by atoms with van der Waals surface area (Å²) in [5, 5.41) is 0.891. The van der Waals surface area contributed by atoms with E-state index in [9.17, 15) is 4.79 Å². The molecule has 1 aromatic heterocycles. The molecule has 7 heteroatoms. The monoisotopic (exact) mass is 291 g/mol. The van der Waals surface area contributed by atoms with Crippen LogP contribution >= 0.6 is 0 Å². The predicted octanol–water partition coefficient (Wildman–Crippen LogP) is 1.84. The Morgan fingerprint density at radius 2 is 1.81 bits per heavy atom. The van der Waals surface area contributed by atoms with Gasteiger partial charge in [-0.05, 0) is 32.9 Å². The van der Waals surface area contributed by atoms with Gasteiger partial charge in [-0.3, -0.25) is 0 Å². The molecular weight excluding hydrogens is 271 g/mol. The third-order valence-corrected chi connectivity index (χ3v) is 2.85. The Bertz CT molecular complexity index is 644. The van der Waals surface area contributed by atoms with Crippen LogP contribution in [0.5, 0.6) is 0 Å². The summed E-state index contributed by atoms with van der Waals surface area (Å²) >= 11 is 0. The molecule has 0 saturated heterocycles. The molecule has 0 amide bonds. The van der Waals surface area contributed by atoms with E-state index >= 15 is 0 Å². The fourth-order valence-corrected chi connectivity index (χ4v) is 2.08. The van der Waals surface area contributed by atoms with Crippen molar-refractivity contribution < 1.29 is 23.4 Å². The molecule has 0 fully saturated rings. The number of para-hydroxylation sites is 1. The number of ether oxygens (including phenoxy) is 1. The van der Waals surface area contributed by atoms with Crippen LogP contribution in [0.1, 0.15) is 20.8 Å². The van der Waals surface area contributed by atoms with Gasteiger partial charge in [-0.1, -0.05) is 16.8 Å². The fourth-order valence-electron chi connectivity index (χ4n) is 2.08. The zero-order valence-electron chi connectivity index (χ0n) is 13.0. The van der Waals surface area contributed by atoms with Gasteiger partial charge in [0.15, 0.2) is 6.20 Å². The Balaban J connectivity index is 2.57. The second kappa shape index (κ2) is 5.87. The van der Waals surface area contributed by atoms with Crippen molar-refractivity contribution in [1.29, 1.82) is 0 Å². The Morgan fingerprint density at radius 1 is 1.19 bits per heavy atom. The summed E-state index contributed by atoms with van der Waals surface area (Å²) in [5.41, 5.74) is 0.140. The zero-order chi connectivity index (χ0) is 15.6.